The van der Waals surface area contributed by atoms with E-state index in [-0.39, 0.29) is 11.8 Å². The molecule has 0 spiro atoms. The van der Waals surface area contributed by atoms with Crippen LogP contribution < -0.4 is 10.2 Å². The van der Waals surface area contributed by atoms with Gasteiger partial charge in [0.15, 0.2) is 0 Å². The Morgan fingerprint density at radius 3 is 2.61 bits per heavy atom. The Labute approximate surface area is 136 Å². The summed E-state index contributed by atoms with van der Waals surface area (Å²) in [6, 6.07) is 15.4. The summed E-state index contributed by atoms with van der Waals surface area (Å²) in [5.74, 6) is -0.962. The molecular formula is C19H20N2O2. The summed E-state index contributed by atoms with van der Waals surface area (Å²) >= 11 is 0. The zero-order valence-corrected chi connectivity index (χ0v) is 13.4. The number of anilines is 2. The molecule has 1 saturated heterocycles. The number of carbonyl (C=O) groups is 2. The smallest absolute Gasteiger partial charge is 0.239 e. The average molecular weight is 308 g/mol. The molecule has 1 atom stereocenters. The number of hydrogen-bond acceptors (Lipinski definition) is 2. The Hall–Kier alpha value is -2.62. The molecule has 2 amide bonds. The van der Waals surface area contributed by atoms with Gasteiger partial charge in [-0.2, -0.15) is 0 Å². The van der Waals surface area contributed by atoms with Gasteiger partial charge in [0, 0.05) is 17.9 Å². The summed E-state index contributed by atoms with van der Waals surface area (Å²) in [4.78, 5) is 26.7. The minimum atomic E-state index is -0.616. The molecule has 2 aromatic rings. The van der Waals surface area contributed by atoms with Crippen LogP contribution in [-0.4, -0.2) is 18.4 Å². The lowest BCUT2D eigenvalue weighted by atomic mass is 10.1. The first-order chi connectivity index (χ1) is 11.1. The van der Waals surface area contributed by atoms with Crippen molar-refractivity contribution in [1.29, 1.82) is 0 Å². The molecule has 4 heteroatoms. The fraction of sp³-hybridized carbons (Fsp3) is 0.263. The highest BCUT2D eigenvalue weighted by atomic mass is 16.2. The standard InChI is InChI=1S/C19H20N2O2/c1-13-8-9-14(2)17(12-13)20-18(22)16-10-11-21(19(16)23)15-6-4-3-5-7-15/h3-9,12,16H,10-11H2,1-2H3,(H,20,22)/t16-/m1/s1. The molecule has 1 aliphatic heterocycles. The molecule has 0 aliphatic carbocycles. The van der Waals surface area contributed by atoms with E-state index in [4.69, 9.17) is 0 Å². The van der Waals surface area contributed by atoms with Gasteiger partial charge in [-0.1, -0.05) is 30.3 Å². The van der Waals surface area contributed by atoms with Crippen LogP contribution in [0.4, 0.5) is 11.4 Å². The van der Waals surface area contributed by atoms with Crippen LogP contribution in [0.3, 0.4) is 0 Å². The predicted octanol–water partition coefficient (Wildman–Crippen LogP) is 3.30. The molecule has 1 fully saturated rings. The van der Waals surface area contributed by atoms with Gasteiger partial charge in [-0.25, -0.2) is 0 Å². The van der Waals surface area contributed by atoms with Crippen LogP contribution in [0.25, 0.3) is 0 Å². The van der Waals surface area contributed by atoms with E-state index in [2.05, 4.69) is 5.32 Å². The summed E-state index contributed by atoms with van der Waals surface area (Å²) in [6.07, 6.45) is 0.546. The van der Waals surface area contributed by atoms with Gasteiger partial charge in [0.1, 0.15) is 5.92 Å². The van der Waals surface area contributed by atoms with Gasteiger partial charge in [-0.3, -0.25) is 9.59 Å². The lowest BCUT2D eigenvalue weighted by molar-refractivity contribution is -0.129. The highest BCUT2D eigenvalue weighted by Crippen LogP contribution is 2.26. The van der Waals surface area contributed by atoms with Crippen molar-refractivity contribution in [2.75, 3.05) is 16.8 Å². The van der Waals surface area contributed by atoms with E-state index in [1.807, 2.05) is 62.4 Å². The summed E-state index contributed by atoms with van der Waals surface area (Å²) < 4.78 is 0. The SMILES string of the molecule is Cc1ccc(C)c(NC(=O)[C@H]2CCN(c3ccccc3)C2=O)c1. The molecule has 118 valence electrons. The van der Waals surface area contributed by atoms with Gasteiger partial charge in [0.25, 0.3) is 0 Å². The van der Waals surface area contributed by atoms with Crippen molar-refractivity contribution in [3.8, 4) is 0 Å². The lowest BCUT2D eigenvalue weighted by Crippen LogP contribution is -2.33. The molecule has 3 rings (SSSR count). The first kappa shape index (κ1) is 15.3. The molecule has 0 aromatic heterocycles. The summed E-state index contributed by atoms with van der Waals surface area (Å²) in [7, 11) is 0. The molecule has 0 bridgehead atoms. The number of benzene rings is 2. The Kier molecular flexibility index (Phi) is 4.15. The van der Waals surface area contributed by atoms with E-state index in [1.165, 1.54) is 0 Å². The van der Waals surface area contributed by atoms with Crippen molar-refractivity contribution in [2.24, 2.45) is 5.92 Å². The quantitative estimate of drug-likeness (QED) is 0.885. The molecule has 1 aliphatic rings. The number of carbonyl (C=O) groups excluding carboxylic acids is 2. The van der Waals surface area contributed by atoms with Crippen molar-refractivity contribution < 1.29 is 9.59 Å². The number of nitrogens with zero attached hydrogens (tertiary/aromatic N) is 1. The third-order valence-corrected chi connectivity index (χ3v) is 4.24. The van der Waals surface area contributed by atoms with Crippen LogP contribution in [0.1, 0.15) is 17.5 Å². The molecule has 23 heavy (non-hydrogen) atoms. The van der Waals surface area contributed by atoms with Crippen LogP contribution in [0.2, 0.25) is 0 Å². The highest BCUT2D eigenvalue weighted by Gasteiger charge is 2.37. The fourth-order valence-corrected chi connectivity index (χ4v) is 2.88. The molecule has 4 nitrogen and oxygen atoms in total. The Bertz CT molecular complexity index is 740. The minimum absolute atomic E-state index is 0.126. The van der Waals surface area contributed by atoms with E-state index in [0.717, 1.165) is 22.5 Å². The van der Waals surface area contributed by atoms with E-state index in [9.17, 15) is 9.59 Å². The van der Waals surface area contributed by atoms with Gasteiger partial charge < -0.3 is 10.2 Å². The van der Waals surface area contributed by atoms with Crippen LogP contribution in [0.15, 0.2) is 48.5 Å². The second kappa shape index (κ2) is 6.24. The topological polar surface area (TPSA) is 49.4 Å². The average Bonchev–Trinajstić information content (AvgIpc) is 2.93. The second-order valence-corrected chi connectivity index (χ2v) is 5.97. The summed E-state index contributed by atoms with van der Waals surface area (Å²) in [5, 5.41) is 2.91. The first-order valence-electron chi connectivity index (χ1n) is 7.81. The maximum Gasteiger partial charge on any atom is 0.239 e. The van der Waals surface area contributed by atoms with Crippen LogP contribution in [0, 0.1) is 19.8 Å². The van der Waals surface area contributed by atoms with Crippen LogP contribution in [0.5, 0.6) is 0 Å². The number of amides is 2. The third kappa shape index (κ3) is 3.11. The number of aryl methyl sites for hydroxylation is 2. The number of para-hydroxylation sites is 1. The molecule has 1 N–H and O–H groups in total. The summed E-state index contributed by atoms with van der Waals surface area (Å²) in [6.45, 7) is 4.50. The number of nitrogens with one attached hydrogen (secondary N) is 1. The van der Waals surface area contributed by atoms with Crippen LogP contribution >= 0.6 is 0 Å². The monoisotopic (exact) mass is 308 g/mol. The van der Waals surface area contributed by atoms with Crippen molar-refractivity contribution in [3.05, 3.63) is 59.7 Å². The highest BCUT2D eigenvalue weighted by molar-refractivity contribution is 6.13. The summed E-state index contributed by atoms with van der Waals surface area (Å²) in [5.41, 5.74) is 3.70. The largest absolute Gasteiger partial charge is 0.325 e. The Morgan fingerprint density at radius 1 is 1.13 bits per heavy atom. The minimum Gasteiger partial charge on any atom is -0.325 e. The number of rotatable bonds is 3. The van der Waals surface area contributed by atoms with Gasteiger partial charge >= 0.3 is 0 Å². The van der Waals surface area contributed by atoms with Gasteiger partial charge in [-0.15, -0.1) is 0 Å². The molecule has 0 radical (unpaired) electrons. The maximum atomic E-state index is 12.6. The van der Waals surface area contributed by atoms with Crippen molar-refractivity contribution in [1.82, 2.24) is 0 Å². The van der Waals surface area contributed by atoms with Crippen molar-refractivity contribution in [3.63, 3.8) is 0 Å². The zero-order valence-electron chi connectivity index (χ0n) is 13.4. The van der Waals surface area contributed by atoms with Crippen molar-refractivity contribution in [2.45, 2.75) is 20.3 Å². The van der Waals surface area contributed by atoms with Gasteiger partial charge in [0.05, 0.1) is 0 Å². The van der Waals surface area contributed by atoms with Gasteiger partial charge in [0.2, 0.25) is 11.8 Å². The van der Waals surface area contributed by atoms with Gasteiger partial charge in [-0.05, 0) is 49.6 Å². The molecule has 2 aromatic carbocycles. The van der Waals surface area contributed by atoms with E-state index < -0.39 is 5.92 Å². The molecular weight excluding hydrogens is 288 g/mol. The fourth-order valence-electron chi connectivity index (χ4n) is 2.88. The zero-order chi connectivity index (χ0) is 16.4. The Morgan fingerprint density at radius 2 is 1.87 bits per heavy atom. The molecule has 1 heterocycles. The van der Waals surface area contributed by atoms with Crippen molar-refractivity contribution >= 4 is 23.2 Å². The van der Waals surface area contributed by atoms with E-state index in [1.54, 1.807) is 4.90 Å². The Balaban J connectivity index is 1.74. The lowest BCUT2D eigenvalue weighted by Gasteiger charge is -2.17. The third-order valence-electron chi connectivity index (χ3n) is 4.24. The van der Waals surface area contributed by atoms with E-state index in [0.29, 0.717) is 13.0 Å². The first-order valence-corrected chi connectivity index (χ1v) is 7.81. The van der Waals surface area contributed by atoms with E-state index >= 15 is 0 Å². The molecule has 0 saturated carbocycles. The number of hydrogen-bond donors (Lipinski definition) is 1. The maximum absolute atomic E-state index is 12.6. The van der Waals surface area contributed by atoms with Crippen LogP contribution in [-0.2, 0) is 9.59 Å². The second-order valence-electron chi connectivity index (χ2n) is 5.97. The normalized spacial score (nSPS) is 17.4. The predicted molar refractivity (Wildman–Crippen MR) is 91.4 cm³/mol. The molecule has 0 unspecified atom stereocenters.